The Kier molecular flexibility index (Phi) is 9.05. The molecular weight excluding hydrogens is 797 g/mol. The zero-order chi connectivity index (χ0) is 31.2. The zero-order valence-corrected chi connectivity index (χ0v) is 31.6. The van der Waals surface area contributed by atoms with Crippen LogP contribution in [0.5, 0.6) is 0 Å². The molecule has 0 bridgehead atoms. The van der Waals surface area contributed by atoms with E-state index in [1.165, 1.54) is 54.1 Å². The minimum atomic E-state index is -2.25. The number of fused-ring (bicyclic) bond motifs is 3. The molecule has 0 atom stereocenters. The number of hydrogen-bond acceptors (Lipinski definition) is 2. The molecule has 0 unspecified atom stereocenters. The maximum Gasteiger partial charge on any atom is 0 e. The molecule has 1 aliphatic rings. The Hall–Kier alpha value is -3.63. The molecule has 0 fully saturated rings. The van der Waals surface area contributed by atoms with Crippen molar-refractivity contribution in [2.75, 3.05) is 0 Å². The molecule has 1 aliphatic heterocycles. The largest absolute Gasteiger partial charge is 0 e. The molecule has 0 aliphatic carbocycles. The molecule has 2 aromatic heterocycles. The van der Waals surface area contributed by atoms with Crippen LogP contribution < -0.4 is 8.79 Å². The van der Waals surface area contributed by atoms with Crippen molar-refractivity contribution >= 4 is 54.5 Å². The summed E-state index contributed by atoms with van der Waals surface area (Å²) in [4.78, 5) is 9.24. The second-order valence-corrected chi connectivity index (χ2v) is 22.9. The first-order valence-corrected chi connectivity index (χ1v) is 21.1. The van der Waals surface area contributed by atoms with Crippen LogP contribution in [0.3, 0.4) is 0 Å². The van der Waals surface area contributed by atoms with E-state index in [9.17, 15) is 0 Å². The van der Waals surface area contributed by atoms with Crippen LogP contribution in [0.15, 0.2) is 116 Å². The van der Waals surface area contributed by atoms with E-state index in [1.807, 2.05) is 24.5 Å². The van der Waals surface area contributed by atoms with Crippen LogP contribution in [-0.2, 0) is 25.5 Å². The van der Waals surface area contributed by atoms with Gasteiger partial charge in [0.2, 0.25) is 0 Å². The number of pyridine rings is 2. The van der Waals surface area contributed by atoms with Crippen molar-refractivity contribution in [3.8, 4) is 22.4 Å². The fourth-order valence-electron chi connectivity index (χ4n) is 7.24. The summed E-state index contributed by atoms with van der Waals surface area (Å²) in [6.07, 6.45) is 3.79. The van der Waals surface area contributed by atoms with Crippen LogP contribution in [0, 0.1) is 12.1 Å². The van der Waals surface area contributed by atoms with Crippen LogP contribution in [0.25, 0.3) is 54.8 Å². The van der Waals surface area contributed by atoms with Crippen LogP contribution in [-0.4, -0.2) is 23.2 Å². The van der Waals surface area contributed by atoms with E-state index in [4.69, 9.17) is 4.98 Å². The Morgan fingerprint density at radius 3 is 2.15 bits per heavy atom. The topological polar surface area (TPSA) is 25.8 Å². The number of rotatable bonds is 4. The van der Waals surface area contributed by atoms with Gasteiger partial charge in [0, 0.05) is 26.3 Å². The average molecular weight is 836 g/mol. The van der Waals surface area contributed by atoms with E-state index in [-0.39, 0.29) is 25.5 Å². The van der Waals surface area contributed by atoms with Gasteiger partial charge in [-0.05, 0) is 28.3 Å². The van der Waals surface area contributed by atoms with E-state index < -0.39 is 13.3 Å². The van der Waals surface area contributed by atoms with Crippen molar-refractivity contribution in [3.05, 3.63) is 133 Å². The molecule has 0 saturated heterocycles. The number of aromatic nitrogens is 2. The van der Waals surface area contributed by atoms with Gasteiger partial charge in [-0.2, -0.15) is 0 Å². The Labute approximate surface area is 289 Å². The molecule has 0 amide bonds. The third-order valence-corrected chi connectivity index (χ3v) is 20.8. The molecule has 7 aromatic rings. The van der Waals surface area contributed by atoms with E-state index in [0.717, 1.165) is 16.8 Å². The second kappa shape index (κ2) is 12.9. The summed E-state index contributed by atoms with van der Waals surface area (Å²) >= 11 is -2.25. The van der Waals surface area contributed by atoms with Crippen molar-refractivity contribution < 1.29 is 20.1 Å². The summed E-state index contributed by atoms with van der Waals surface area (Å²) in [6.45, 7) is 11.5. The predicted octanol–water partition coefficient (Wildman–Crippen LogP) is 9.77. The standard InChI is InChI=1S/C21H18GeN.C21H20N.Ir/c1-3-22(4-2)17-11-5-8-14-15-10-7-13-23-21(15)16-9-6-12-18(22)20(16)19(14)17;1-21(2,3)19-12-13-22-20(15-19)18-11-7-10-17(14-18)16-8-5-4-6-9-16;/h5-8,10-13H,3-4H2,1-2H3;4-10,12-15H,1-3H3;/q2*-1;. The second-order valence-electron chi connectivity index (χ2n) is 13.1. The van der Waals surface area contributed by atoms with Gasteiger partial charge in [-0.25, -0.2) is 0 Å². The minimum absolute atomic E-state index is 0. The van der Waals surface area contributed by atoms with E-state index in [0.29, 0.717) is 0 Å². The number of nitrogens with zero attached hydrogens (tertiary/aromatic N) is 2. The smallest absolute Gasteiger partial charge is 0 e. The molecule has 0 saturated carbocycles. The molecule has 4 heteroatoms. The van der Waals surface area contributed by atoms with Gasteiger partial charge in [-0.15, -0.1) is 35.4 Å². The van der Waals surface area contributed by atoms with Crippen LogP contribution in [0.2, 0.25) is 10.5 Å². The van der Waals surface area contributed by atoms with Crippen LogP contribution >= 0.6 is 0 Å². The molecule has 0 spiro atoms. The molecule has 2 nitrogen and oxygen atoms in total. The van der Waals surface area contributed by atoms with Gasteiger partial charge in [0.1, 0.15) is 0 Å². The Morgan fingerprint density at radius 1 is 0.652 bits per heavy atom. The SMILES string of the molecule is CC(C)(C)c1ccnc(-c2[c-]ccc(-c3ccccc3)c2)c1.C[CH2][Ge]1([CH2]C)[c]2cc[c-]c3c4ncccc4c4ccc[c]1c4c23.[Ir]. The molecule has 8 rings (SSSR count). The van der Waals surface area contributed by atoms with Crippen LogP contribution in [0.4, 0.5) is 0 Å². The summed E-state index contributed by atoms with van der Waals surface area (Å²) in [6, 6.07) is 43.4. The van der Waals surface area contributed by atoms with Gasteiger partial charge in [-0.3, -0.25) is 0 Å². The monoisotopic (exact) mass is 837 g/mol. The molecule has 3 heterocycles. The first-order valence-electron chi connectivity index (χ1n) is 16.0. The van der Waals surface area contributed by atoms with Crippen LogP contribution in [0.1, 0.15) is 40.2 Å². The average Bonchev–Trinajstić information content (AvgIpc) is 3.39. The molecule has 0 N–H and O–H groups in total. The van der Waals surface area contributed by atoms with Gasteiger partial charge in [0.25, 0.3) is 0 Å². The van der Waals surface area contributed by atoms with Crippen molar-refractivity contribution in [1.82, 2.24) is 9.97 Å². The van der Waals surface area contributed by atoms with Crippen molar-refractivity contribution in [2.24, 2.45) is 0 Å². The molecule has 46 heavy (non-hydrogen) atoms. The van der Waals surface area contributed by atoms with Gasteiger partial charge in [-0.1, -0.05) is 57.2 Å². The Balaban J connectivity index is 0.000000158. The maximum atomic E-state index is 4.71. The summed E-state index contributed by atoms with van der Waals surface area (Å²) < 4.78 is 3.33. The maximum absolute atomic E-state index is 4.71. The first kappa shape index (κ1) is 32.3. The van der Waals surface area contributed by atoms with Crippen molar-refractivity contribution in [3.63, 3.8) is 0 Å². The fraction of sp³-hybridized carbons (Fsp3) is 0.190. The van der Waals surface area contributed by atoms with Gasteiger partial charge in [0.15, 0.2) is 0 Å². The Morgan fingerprint density at radius 2 is 1.39 bits per heavy atom. The molecule has 231 valence electrons. The summed E-state index contributed by atoms with van der Waals surface area (Å²) in [5.74, 6) is 0. The fourth-order valence-corrected chi connectivity index (χ4v) is 16.9. The van der Waals surface area contributed by atoms with Gasteiger partial charge >= 0.3 is 139 Å². The third kappa shape index (κ3) is 5.43. The molecular formula is C42H38GeIrN2-2. The van der Waals surface area contributed by atoms with Crippen molar-refractivity contribution in [1.29, 1.82) is 0 Å². The van der Waals surface area contributed by atoms with Crippen molar-refractivity contribution in [2.45, 2.75) is 50.5 Å². The van der Waals surface area contributed by atoms with E-state index in [1.54, 1.807) is 8.79 Å². The summed E-state index contributed by atoms with van der Waals surface area (Å²) in [7, 11) is 0. The summed E-state index contributed by atoms with van der Waals surface area (Å²) in [5.41, 5.74) is 6.93. The van der Waals surface area contributed by atoms with E-state index >= 15 is 0 Å². The van der Waals surface area contributed by atoms with Gasteiger partial charge < -0.3 is 4.98 Å². The molecule has 5 aromatic carbocycles. The third-order valence-electron chi connectivity index (χ3n) is 9.70. The van der Waals surface area contributed by atoms with E-state index in [2.05, 4.69) is 143 Å². The first-order chi connectivity index (χ1) is 21.9. The number of benzene rings is 5. The normalized spacial score (nSPS) is 13.1. The quantitative estimate of drug-likeness (QED) is 0.100. The number of hydrogen-bond donors (Lipinski definition) is 0. The summed E-state index contributed by atoms with van der Waals surface area (Å²) in [5, 5.41) is 9.49. The predicted molar refractivity (Wildman–Crippen MR) is 194 cm³/mol. The minimum Gasteiger partial charge on any atom is 0 e. The van der Waals surface area contributed by atoms with Gasteiger partial charge in [0.05, 0.1) is 0 Å². The zero-order valence-electron chi connectivity index (χ0n) is 27.1. The Bertz CT molecular complexity index is 2100. The molecule has 1 radical (unpaired) electrons.